The van der Waals surface area contributed by atoms with Crippen LogP contribution in [0.15, 0.2) is 47.4 Å². The van der Waals surface area contributed by atoms with Gasteiger partial charge in [0.1, 0.15) is 0 Å². The minimum absolute atomic E-state index is 0.363. The predicted octanol–water partition coefficient (Wildman–Crippen LogP) is 2.15. The van der Waals surface area contributed by atoms with E-state index in [9.17, 15) is 9.59 Å². The van der Waals surface area contributed by atoms with E-state index < -0.39 is 5.91 Å². The molecule has 2 aromatic carbocycles. The van der Waals surface area contributed by atoms with Crippen LogP contribution in [-0.4, -0.2) is 51.3 Å². The third kappa shape index (κ3) is 4.53. The van der Waals surface area contributed by atoms with E-state index in [-0.39, 0.29) is 5.91 Å². The van der Waals surface area contributed by atoms with Crippen molar-refractivity contribution in [2.45, 2.75) is 18.0 Å². The highest BCUT2D eigenvalue weighted by Crippen LogP contribution is 2.31. The molecule has 0 saturated heterocycles. The van der Waals surface area contributed by atoms with Crippen molar-refractivity contribution in [2.75, 3.05) is 31.0 Å². The Kier molecular flexibility index (Phi) is 6.94. The molecule has 0 unspecified atom stereocenters. The van der Waals surface area contributed by atoms with Crippen molar-refractivity contribution >= 4 is 57.5 Å². The number of primary amides is 1. The van der Waals surface area contributed by atoms with E-state index in [1.807, 2.05) is 36.1 Å². The average Bonchev–Trinajstić information content (AvgIpc) is 3.42. The van der Waals surface area contributed by atoms with Crippen molar-refractivity contribution in [3.63, 3.8) is 0 Å². The summed E-state index contributed by atoms with van der Waals surface area (Å²) in [7, 11) is 3.61. The Morgan fingerprint density at radius 2 is 1.60 bits per heavy atom. The van der Waals surface area contributed by atoms with Crippen LogP contribution in [0, 0.1) is 0 Å². The standard InChI is InChI=1S/C23H27N9O2S/c1-26-22-28-15-10-13(20(24)33)6-7-17(15)31(22)8-4-5-9-32-19-16(29-23(32)27-2)11-14(21(34)30-25)12-18(19)35-3/h4-7,10-12H,8-9,25H2,1-3H3,(H2,24,33)(H,26,28)(H,27,29)(H,30,34)/b5-4+. The first-order valence-electron chi connectivity index (χ1n) is 10.8. The fraction of sp³-hybridized carbons (Fsp3) is 0.217. The Morgan fingerprint density at radius 3 is 2.23 bits per heavy atom. The Labute approximate surface area is 205 Å². The molecule has 12 heteroatoms. The zero-order valence-corrected chi connectivity index (χ0v) is 20.4. The molecule has 35 heavy (non-hydrogen) atoms. The first-order chi connectivity index (χ1) is 16.9. The SMILES string of the molecule is CNc1nc2cc(C(N)=O)ccc2n1C/C=C/Cn1c(NC)nc2cc(C(=O)NN)cc(SC)c21. The molecule has 4 rings (SSSR count). The van der Waals surface area contributed by atoms with Gasteiger partial charge >= 0.3 is 0 Å². The third-order valence-electron chi connectivity index (χ3n) is 5.64. The van der Waals surface area contributed by atoms with Gasteiger partial charge in [0.05, 0.1) is 22.1 Å². The number of fused-ring (bicyclic) bond motifs is 2. The average molecular weight is 494 g/mol. The van der Waals surface area contributed by atoms with Gasteiger partial charge in [0, 0.05) is 43.2 Å². The summed E-state index contributed by atoms with van der Waals surface area (Å²) in [6.45, 7) is 1.14. The number of anilines is 2. The molecule has 0 atom stereocenters. The van der Waals surface area contributed by atoms with Crippen molar-refractivity contribution in [1.29, 1.82) is 0 Å². The van der Waals surface area contributed by atoms with E-state index in [4.69, 9.17) is 11.6 Å². The van der Waals surface area contributed by atoms with Crippen molar-refractivity contribution in [3.8, 4) is 0 Å². The molecule has 0 fully saturated rings. The molecule has 0 bridgehead atoms. The number of carbonyl (C=O) groups is 2. The molecule has 2 heterocycles. The van der Waals surface area contributed by atoms with E-state index >= 15 is 0 Å². The number of amides is 2. The van der Waals surface area contributed by atoms with Crippen LogP contribution in [0.2, 0.25) is 0 Å². The van der Waals surface area contributed by atoms with Crippen LogP contribution in [0.5, 0.6) is 0 Å². The van der Waals surface area contributed by atoms with Gasteiger partial charge in [0.2, 0.25) is 17.8 Å². The number of nitrogens with two attached hydrogens (primary N) is 2. The van der Waals surface area contributed by atoms with Gasteiger partial charge in [0.15, 0.2) is 0 Å². The summed E-state index contributed by atoms with van der Waals surface area (Å²) < 4.78 is 4.08. The summed E-state index contributed by atoms with van der Waals surface area (Å²) >= 11 is 1.54. The highest BCUT2D eigenvalue weighted by atomic mass is 32.2. The van der Waals surface area contributed by atoms with Gasteiger partial charge < -0.3 is 25.5 Å². The number of nitrogens with one attached hydrogen (secondary N) is 3. The van der Waals surface area contributed by atoms with Gasteiger partial charge in [0.25, 0.3) is 5.91 Å². The molecule has 0 spiro atoms. The monoisotopic (exact) mass is 493 g/mol. The zero-order chi connectivity index (χ0) is 25.1. The number of hydrazine groups is 1. The number of thioether (sulfide) groups is 1. The van der Waals surface area contributed by atoms with E-state index in [0.717, 1.165) is 15.9 Å². The van der Waals surface area contributed by atoms with E-state index in [2.05, 4.69) is 36.7 Å². The summed E-state index contributed by atoms with van der Waals surface area (Å²) in [5.41, 5.74) is 11.7. The fourth-order valence-electron chi connectivity index (χ4n) is 3.99. The second-order valence-corrected chi connectivity index (χ2v) is 8.50. The van der Waals surface area contributed by atoms with Gasteiger partial charge in [-0.05, 0) is 36.6 Å². The minimum Gasteiger partial charge on any atom is -0.366 e. The first-order valence-corrected chi connectivity index (χ1v) is 12.0. The Bertz CT molecular complexity index is 1450. The quantitative estimate of drug-likeness (QED) is 0.0780. The maximum atomic E-state index is 12.1. The molecule has 0 aliphatic heterocycles. The predicted molar refractivity (Wildman–Crippen MR) is 140 cm³/mol. The molecule has 4 aromatic rings. The normalized spacial score (nSPS) is 11.4. The molecular formula is C23H27N9O2S. The maximum Gasteiger partial charge on any atom is 0.265 e. The number of hydrogen-bond donors (Lipinski definition) is 5. The second kappa shape index (κ2) is 10.1. The molecule has 2 amide bonds. The molecule has 0 aliphatic carbocycles. The van der Waals surface area contributed by atoms with Gasteiger partial charge in [-0.15, -0.1) is 11.8 Å². The number of imidazole rings is 2. The summed E-state index contributed by atoms with van der Waals surface area (Å²) in [6.07, 6.45) is 6.05. The highest BCUT2D eigenvalue weighted by molar-refractivity contribution is 7.98. The van der Waals surface area contributed by atoms with E-state index in [1.54, 1.807) is 25.2 Å². The van der Waals surface area contributed by atoms with Crippen LogP contribution < -0.4 is 27.6 Å². The third-order valence-corrected chi connectivity index (χ3v) is 6.39. The molecule has 11 nitrogen and oxygen atoms in total. The number of hydrogen-bond acceptors (Lipinski definition) is 8. The number of rotatable bonds is 9. The van der Waals surface area contributed by atoms with Crippen molar-refractivity contribution in [2.24, 2.45) is 11.6 Å². The lowest BCUT2D eigenvalue weighted by atomic mass is 10.2. The number of allylic oxidation sites excluding steroid dienone is 2. The summed E-state index contributed by atoms with van der Waals surface area (Å²) in [4.78, 5) is 33.7. The number of carbonyl (C=O) groups excluding carboxylic acids is 2. The molecule has 7 N–H and O–H groups in total. The number of nitrogen functional groups attached to an aromatic ring is 1. The number of aromatic nitrogens is 4. The van der Waals surface area contributed by atoms with Crippen LogP contribution in [0.1, 0.15) is 20.7 Å². The smallest absolute Gasteiger partial charge is 0.265 e. The highest BCUT2D eigenvalue weighted by Gasteiger charge is 2.17. The Balaban J connectivity index is 1.64. The molecule has 182 valence electrons. The molecule has 0 saturated carbocycles. The topological polar surface area (TPSA) is 158 Å². The van der Waals surface area contributed by atoms with E-state index in [0.29, 0.717) is 47.1 Å². The largest absolute Gasteiger partial charge is 0.366 e. The lowest BCUT2D eigenvalue weighted by Gasteiger charge is -2.10. The first kappa shape index (κ1) is 24.1. The van der Waals surface area contributed by atoms with Gasteiger partial charge in [-0.25, -0.2) is 15.8 Å². The van der Waals surface area contributed by atoms with Crippen LogP contribution in [-0.2, 0) is 13.1 Å². The zero-order valence-electron chi connectivity index (χ0n) is 19.6. The lowest BCUT2D eigenvalue weighted by molar-refractivity contribution is 0.0952. The van der Waals surface area contributed by atoms with Crippen molar-refractivity contribution in [3.05, 3.63) is 53.6 Å². The van der Waals surface area contributed by atoms with Gasteiger partial charge in [-0.1, -0.05) is 12.2 Å². The van der Waals surface area contributed by atoms with Crippen molar-refractivity contribution < 1.29 is 9.59 Å². The molecular weight excluding hydrogens is 466 g/mol. The van der Waals surface area contributed by atoms with E-state index in [1.165, 1.54) is 11.8 Å². The number of nitrogens with zero attached hydrogens (tertiary/aromatic N) is 4. The molecule has 0 radical (unpaired) electrons. The van der Waals surface area contributed by atoms with Crippen LogP contribution in [0.3, 0.4) is 0 Å². The van der Waals surface area contributed by atoms with Gasteiger partial charge in [-0.3, -0.25) is 15.0 Å². The lowest BCUT2D eigenvalue weighted by Crippen LogP contribution is -2.29. The van der Waals surface area contributed by atoms with Crippen LogP contribution in [0.25, 0.3) is 22.1 Å². The molecule has 2 aromatic heterocycles. The van der Waals surface area contributed by atoms with Crippen molar-refractivity contribution in [1.82, 2.24) is 24.5 Å². The maximum absolute atomic E-state index is 12.1. The Morgan fingerprint density at radius 1 is 0.971 bits per heavy atom. The molecule has 0 aliphatic rings. The second-order valence-electron chi connectivity index (χ2n) is 7.65. The van der Waals surface area contributed by atoms with Crippen LogP contribution in [0.4, 0.5) is 11.9 Å². The minimum atomic E-state index is -0.486. The fourth-order valence-corrected chi connectivity index (χ4v) is 4.64. The number of benzene rings is 2. The summed E-state index contributed by atoms with van der Waals surface area (Å²) in [5.74, 6) is 5.84. The Hall–Kier alpha value is -4.03. The van der Waals surface area contributed by atoms with Gasteiger partial charge in [-0.2, -0.15) is 0 Å². The van der Waals surface area contributed by atoms with Crippen LogP contribution >= 0.6 is 11.8 Å². The summed E-state index contributed by atoms with van der Waals surface area (Å²) in [6, 6.07) is 8.78. The summed E-state index contributed by atoms with van der Waals surface area (Å²) in [5, 5.41) is 6.23.